The number of hydrogen-bond donors (Lipinski definition) is 3. The van der Waals surface area contributed by atoms with Crippen LogP contribution in [-0.2, 0) is 14.3 Å². The number of carboxylic acids is 2. The number of anilines is 1. The van der Waals surface area contributed by atoms with Crippen LogP contribution in [0.2, 0.25) is 5.02 Å². The highest BCUT2D eigenvalue weighted by atomic mass is 35.5. The molecule has 0 fully saturated rings. The van der Waals surface area contributed by atoms with Gasteiger partial charge >= 0.3 is 18.0 Å². The molecule has 25 heavy (non-hydrogen) atoms. The van der Waals surface area contributed by atoms with Crippen molar-refractivity contribution >= 4 is 41.4 Å². The standard InChI is InChI=1S/C16H18ClNO7/c1-16(2,3)25-15(23)18-12-8(5-9(17)7-11(12)24-4)6-10(13(19)20)14(21)22/h5-7H,1-4H3,(H,18,23)(H,19,20)(H,21,22). The molecule has 0 aliphatic rings. The van der Waals surface area contributed by atoms with Crippen LogP contribution in [0.25, 0.3) is 6.08 Å². The van der Waals surface area contributed by atoms with E-state index in [1.807, 2.05) is 0 Å². The molecule has 1 aromatic rings. The second-order valence-corrected chi connectivity index (χ2v) is 6.30. The molecule has 1 aromatic carbocycles. The Hall–Kier alpha value is -2.74. The monoisotopic (exact) mass is 371 g/mol. The summed E-state index contributed by atoms with van der Waals surface area (Å²) < 4.78 is 10.3. The first kappa shape index (κ1) is 20.3. The zero-order chi connectivity index (χ0) is 19.4. The molecule has 0 aliphatic carbocycles. The lowest BCUT2D eigenvalue weighted by molar-refractivity contribution is -0.140. The van der Waals surface area contributed by atoms with E-state index in [2.05, 4.69) is 5.32 Å². The van der Waals surface area contributed by atoms with Crippen molar-refractivity contribution < 1.29 is 34.1 Å². The van der Waals surface area contributed by atoms with E-state index in [0.717, 1.165) is 6.08 Å². The SMILES string of the molecule is COc1cc(Cl)cc(C=C(C(=O)O)C(=O)O)c1NC(=O)OC(C)(C)C. The smallest absolute Gasteiger partial charge is 0.412 e. The molecule has 1 rings (SSSR count). The molecular formula is C16H18ClNO7. The van der Waals surface area contributed by atoms with Gasteiger partial charge in [0.15, 0.2) is 0 Å². The van der Waals surface area contributed by atoms with Crippen molar-refractivity contribution in [2.45, 2.75) is 26.4 Å². The van der Waals surface area contributed by atoms with Crippen molar-refractivity contribution in [2.75, 3.05) is 12.4 Å². The van der Waals surface area contributed by atoms with E-state index < -0.39 is 29.2 Å². The largest absolute Gasteiger partial charge is 0.494 e. The van der Waals surface area contributed by atoms with Crippen LogP contribution in [0.3, 0.4) is 0 Å². The Morgan fingerprint density at radius 1 is 1.16 bits per heavy atom. The average molecular weight is 372 g/mol. The Morgan fingerprint density at radius 2 is 1.72 bits per heavy atom. The highest BCUT2D eigenvalue weighted by Crippen LogP contribution is 2.34. The summed E-state index contributed by atoms with van der Waals surface area (Å²) >= 11 is 5.94. The summed E-state index contributed by atoms with van der Waals surface area (Å²) in [5, 5.41) is 20.6. The van der Waals surface area contributed by atoms with Gasteiger partial charge in [0, 0.05) is 16.7 Å². The van der Waals surface area contributed by atoms with Crippen molar-refractivity contribution in [1.29, 1.82) is 0 Å². The van der Waals surface area contributed by atoms with Gasteiger partial charge in [-0.1, -0.05) is 11.6 Å². The van der Waals surface area contributed by atoms with Crippen molar-refractivity contribution in [3.63, 3.8) is 0 Å². The molecule has 136 valence electrons. The number of hydrogen-bond acceptors (Lipinski definition) is 5. The van der Waals surface area contributed by atoms with Crippen molar-refractivity contribution in [3.05, 3.63) is 28.3 Å². The molecule has 0 unspecified atom stereocenters. The van der Waals surface area contributed by atoms with Crippen LogP contribution in [-0.4, -0.2) is 41.0 Å². The number of carbonyl (C=O) groups is 3. The fourth-order valence-corrected chi connectivity index (χ4v) is 2.00. The minimum Gasteiger partial charge on any atom is -0.494 e. The fraction of sp³-hybridized carbons (Fsp3) is 0.312. The Labute approximate surface area is 149 Å². The molecule has 0 atom stereocenters. The maximum atomic E-state index is 12.0. The molecule has 0 heterocycles. The minimum atomic E-state index is -1.64. The Kier molecular flexibility index (Phi) is 6.41. The zero-order valence-corrected chi connectivity index (χ0v) is 14.8. The van der Waals surface area contributed by atoms with Crippen LogP contribution in [0.4, 0.5) is 10.5 Å². The van der Waals surface area contributed by atoms with Crippen LogP contribution in [0.1, 0.15) is 26.3 Å². The van der Waals surface area contributed by atoms with Crippen LogP contribution in [0.5, 0.6) is 5.75 Å². The first-order valence-corrected chi connectivity index (χ1v) is 7.38. The van der Waals surface area contributed by atoms with E-state index in [1.54, 1.807) is 20.8 Å². The molecule has 0 aromatic heterocycles. The summed E-state index contributed by atoms with van der Waals surface area (Å²) in [5.41, 5.74) is -1.61. The number of aliphatic carboxylic acids is 2. The van der Waals surface area contributed by atoms with Gasteiger partial charge in [0.05, 0.1) is 12.8 Å². The normalized spacial score (nSPS) is 10.6. The highest BCUT2D eigenvalue weighted by molar-refractivity contribution is 6.31. The second-order valence-electron chi connectivity index (χ2n) is 5.87. The predicted octanol–water partition coefficient (Wildman–Crippen LogP) is 3.25. The number of amides is 1. The first-order valence-electron chi connectivity index (χ1n) is 7.00. The number of rotatable bonds is 5. The van der Waals surface area contributed by atoms with Gasteiger partial charge in [-0.05, 0) is 32.9 Å². The molecule has 8 nitrogen and oxygen atoms in total. The van der Waals surface area contributed by atoms with E-state index in [4.69, 9.17) is 31.3 Å². The van der Waals surface area contributed by atoms with Crippen molar-refractivity contribution in [2.24, 2.45) is 0 Å². The number of ether oxygens (including phenoxy) is 2. The van der Waals surface area contributed by atoms with Gasteiger partial charge in [-0.2, -0.15) is 0 Å². The van der Waals surface area contributed by atoms with Gasteiger partial charge in [0.2, 0.25) is 0 Å². The summed E-state index contributed by atoms with van der Waals surface area (Å²) in [6, 6.07) is 2.68. The van der Waals surface area contributed by atoms with E-state index in [-0.39, 0.29) is 22.0 Å². The molecule has 0 radical (unpaired) electrons. The predicted molar refractivity (Wildman–Crippen MR) is 91.1 cm³/mol. The maximum absolute atomic E-state index is 12.0. The van der Waals surface area contributed by atoms with Gasteiger partial charge in [-0.3, -0.25) is 5.32 Å². The lowest BCUT2D eigenvalue weighted by Crippen LogP contribution is -2.27. The van der Waals surface area contributed by atoms with Crippen LogP contribution in [0, 0.1) is 0 Å². The van der Waals surface area contributed by atoms with Gasteiger partial charge in [0.1, 0.15) is 16.9 Å². The van der Waals surface area contributed by atoms with Gasteiger partial charge in [-0.25, -0.2) is 14.4 Å². The number of methoxy groups -OCH3 is 1. The van der Waals surface area contributed by atoms with Crippen molar-refractivity contribution in [1.82, 2.24) is 0 Å². The zero-order valence-electron chi connectivity index (χ0n) is 14.0. The molecule has 0 bridgehead atoms. The van der Waals surface area contributed by atoms with Crippen LogP contribution < -0.4 is 10.1 Å². The Balaban J connectivity index is 3.44. The molecule has 0 aliphatic heterocycles. The number of halogens is 1. The summed E-state index contributed by atoms with van der Waals surface area (Å²) in [6.45, 7) is 5.00. The number of benzene rings is 1. The first-order chi connectivity index (χ1) is 11.4. The average Bonchev–Trinajstić information content (AvgIpc) is 2.43. The minimum absolute atomic E-state index is 0.0288. The summed E-state index contributed by atoms with van der Waals surface area (Å²) in [6.07, 6.45) is 0.0427. The van der Waals surface area contributed by atoms with E-state index in [9.17, 15) is 14.4 Å². The Bertz CT molecular complexity index is 719. The van der Waals surface area contributed by atoms with E-state index in [1.165, 1.54) is 19.2 Å². The fourth-order valence-electron chi connectivity index (χ4n) is 1.79. The van der Waals surface area contributed by atoms with Gasteiger partial charge in [-0.15, -0.1) is 0 Å². The summed E-state index contributed by atoms with van der Waals surface area (Å²) in [4.78, 5) is 34.2. The maximum Gasteiger partial charge on any atom is 0.412 e. The third-order valence-corrected chi connectivity index (χ3v) is 2.92. The summed E-state index contributed by atoms with van der Waals surface area (Å²) in [5.74, 6) is -3.18. The van der Waals surface area contributed by atoms with Gasteiger partial charge in [0.25, 0.3) is 0 Å². The molecule has 0 saturated heterocycles. The molecule has 3 N–H and O–H groups in total. The number of nitrogens with one attached hydrogen (secondary N) is 1. The summed E-state index contributed by atoms with van der Waals surface area (Å²) in [7, 11) is 1.31. The van der Waals surface area contributed by atoms with Crippen LogP contribution in [0.15, 0.2) is 17.7 Å². The topological polar surface area (TPSA) is 122 Å². The van der Waals surface area contributed by atoms with Crippen LogP contribution >= 0.6 is 11.6 Å². The molecular weight excluding hydrogens is 354 g/mol. The molecule has 9 heteroatoms. The molecule has 0 saturated carbocycles. The van der Waals surface area contributed by atoms with E-state index >= 15 is 0 Å². The Morgan fingerprint density at radius 3 is 2.16 bits per heavy atom. The third-order valence-electron chi connectivity index (χ3n) is 2.70. The lowest BCUT2D eigenvalue weighted by Gasteiger charge is -2.21. The van der Waals surface area contributed by atoms with Gasteiger partial charge < -0.3 is 19.7 Å². The quantitative estimate of drug-likeness (QED) is 0.412. The number of carbonyl (C=O) groups excluding carboxylic acids is 1. The molecule has 0 spiro atoms. The number of carboxylic acid groups (broad SMARTS) is 2. The van der Waals surface area contributed by atoms with Crippen molar-refractivity contribution in [3.8, 4) is 5.75 Å². The van der Waals surface area contributed by atoms with E-state index in [0.29, 0.717) is 0 Å². The molecule has 1 amide bonds. The second kappa shape index (κ2) is 7.89. The highest BCUT2D eigenvalue weighted by Gasteiger charge is 2.22. The lowest BCUT2D eigenvalue weighted by atomic mass is 10.1. The third kappa shape index (κ3) is 6.00.